The molecule has 0 atom stereocenters. The smallest absolute Gasteiger partial charge is 0.342 e. The Hall–Kier alpha value is -4.18. The average molecular weight is 545 g/mol. The normalized spacial score (nSPS) is 12.2. The molecule has 0 fully saturated rings. The zero-order valence-electron chi connectivity index (χ0n) is 31.1. The number of carbonyl (C=O) groups is 1. The van der Waals surface area contributed by atoms with Gasteiger partial charge in [-0.1, -0.05) is 0 Å². The first-order chi connectivity index (χ1) is 22.0. The van der Waals surface area contributed by atoms with Crippen molar-refractivity contribution in [3.63, 3.8) is 0 Å². The Bertz CT molecular complexity index is 1490. The van der Waals surface area contributed by atoms with Gasteiger partial charge >= 0.3 is 5.97 Å². The third-order valence-corrected chi connectivity index (χ3v) is 6.25. The Morgan fingerprint density at radius 3 is 2.71 bits per heavy atom. The fourth-order valence-electron chi connectivity index (χ4n) is 4.24. The van der Waals surface area contributed by atoms with Gasteiger partial charge in [-0.15, -0.1) is 0 Å². The lowest BCUT2D eigenvalue weighted by molar-refractivity contribution is 0.0378. The molecule has 0 aliphatic carbocycles. The Balaban J connectivity index is 0. The molecule has 0 aliphatic rings. The van der Waals surface area contributed by atoms with Crippen LogP contribution in [0.3, 0.4) is 0 Å². The quantitative estimate of drug-likeness (QED) is 0.209. The van der Waals surface area contributed by atoms with Gasteiger partial charge < -0.3 is 30.2 Å². The Morgan fingerprint density at radius 1 is 1.24 bits per heavy atom. The highest BCUT2D eigenvalue weighted by Gasteiger charge is 2.22. The highest BCUT2D eigenvalue weighted by molar-refractivity contribution is 6.02. The van der Waals surface area contributed by atoms with Gasteiger partial charge in [0.15, 0.2) is 0 Å². The van der Waals surface area contributed by atoms with E-state index >= 15 is 0 Å². The summed E-state index contributed by atoms with van der Waals surface area (Å²) in [6.45, 7) is 7.40. The standard InChI is InChI=1S/C28H36N8O2.5H2/c1-17(2)38-27(37)20-15-31-28(33-25(20)21-16-36(7)26-19(21)9-8-10-30-26)32-23-14-22(29)24(13-18(23)3)35(6)12-11-34(4)5;;;;;/h8-10,13-17H,11-12,29H2,1-7H3,(H,31,32,33);5*1H/i;4*1+2T;1+2. The van der Waals surface area contributed by atoms with E-state index in [4.69, 9.17) is 27.3 Å². The van der Waals surface area contributed by atoms with E-state index in [-0.39, 0.29) is 13.1 Å². The monoisotopic (exact) mass is 544 g/mol. The summed E-state index contributed by atoms with van der Waals surface area (Å²) < 4.78 is 47.4. The number of ether oxygens (including phenoxy) is 1. The second-order valence-electron chi connectivity index (χ2n) is 10.0. The number of hydrogen-bond donors (Lipinski definition) is 2. The van der Waals surface area contributed by atoms with Crippen LogP contribution in [-0.2, 0) is 11.8 Å². The van der Waals surface area contributed by atoms with E-state index < -0.39 is 5.97 Å². The third-order valence-electron chi connectivity index (χ3n) is 6.25. The number of pyridine rings is 1. The molecule has 0 saturated heterocycles. The minimum Gasteiger partial charge on any atom is -0.459 e. The number of benzene rings is 1. The van der Waals surface area contributed by atoms with E-state index in [1.807, 2.05) is 77.9 Å². The minimum atomic E-state index is -0.479. The molecule has 10 heteroatoms. The van der Waals surface area contributed by atoms with E-state index in [1.165, 1.54) is 6.20 Å². The molecule has 0 radical (unpaired) electrons. The molecule has 3 heterocycles. The molecule has 10 nitrogen and oxygen atoms in total. The second kappa shape index (κ2) is 11.1. The number of nitrogens with one attached hydrogen (secondary N) is 1. The number of hydrogen-bond acceptors (Lipinski definition) is 9. The van der Waals surface area contributed by atoms with Crippen LogP contribution in [0.5, 0.6) is 0 Å². The van der Waals surface area contributed by atoms with Crippen LogP contribution in [0.2, 0.25) is 0 Å². The average Bonchev–Trinajstić information content (AvgIpc) is 3.41. The zero-order valence-corrected chi connectivity index (χ0v) is 23.1. The molecular formula is C28H46N8O2. The summed E-state index contributed by atoms with van der Waals surface area (Å²) >= 11 is 0. The van der Waals surface area contributed by atoms with Crippen LogP contribution in [0.1, 0.15) is 43.1 Å². The summed E-state index contributed by atoms with van der Waals surface area (Å²) in [6.07, 6.45) is 4.88. The topological polar surface area (TPSA) is 114 Å². The molecule has 0 spiro atoms. The van der Waals surface area contributed by atoms with Crippen molar-refractivity contribution in [2.45, 2.75) is 26.9 Å². The van der Waals surface area contributed by atoms with Crippen LogP contribution in [0, 0.1) is 6.92 Å². The molecular weight excluding hydrogens is 480 g/mol. The van der Waals surface area contributed by atoms with Crippen molar-refractivity contribution in [3.05, 3.63) is 54.0 Å². The number of nitrogen functional groups attached to an aromatic ring is 1. The maximum atomic E-state index is 13.0. The molecule has 0 aliphatic heterocycles. The molecule has 1 aromatic carbocycles. The van der Waals surface area contributed by atoms with Crippen molar-refractivity contribution >= 4 is 40.0 Å². The van der Waals surface area contributed by atoms with Crippen molar-refractivity contribution in [1.82, 2.24) is 24.4 Å². The number of aryl methyl sites for hydroxylation is 2. The molecule has 3 N–H and O–H groups in total. The van der Waals surface area contributed by atoms with Crippen molar-refractivity contribution in [1.29, 1.82) is 0 Å². The summed E-state index contributed by atoms with van der Waals surface area (Å²) in [4.78, 5) is 31.0. The number of nitrogens with zero attached hydrogens (tertiary/aromatic N) is 6. The summed E-state index contributed by atoms with van der Waals surface area (Å²) in [5.41, 5.74) is 12.2. The summed E-state index contributed by atoms with van der Waals surface area (Å²) in [5, 5.41) is 4.18. The summed E-state index contributed by atoms with van der Waals surface area (Å²) in [7, 11) is 8.04. The van der Waals surface area contributed by atoms with E-state index in [1.54, 1.807) is 6.20 Å². The molecule has 0 amide bonds. The molecule has 0 saturated carbocycles. The molecule has 0 bridgehead atoms. The van der Waals surface area contributed by atoms with E-state index in [0.717, 1.165) is 46.6 Å². The van der Waals surface area contributed by atoms with E-state index in [9.17, 15) is 4.79 Å². The zero-order chi connectivity index (χ0) is 35.6. The molecule has 4 rings (SSSR count). The van der Waals surface area contributed by atoms with Gasteiger partial charge in [0.1, 0.15) is 11.2 Å². The lowest BCUT2D eigenvalue weighted by Gasteiger charge is -2.24. The van der Waals surface area contributed by atoms with Crippen molar-refractivity contribution in [2.24, 2.45) is 7.05 Å². The fraction of sp³-hybridized carbons (Fsp3) is 0.357. The van der Waals surface area contributed by atoms with Gasteiger partial charge in [0, 0.05) is 75.7 Å². The van der Waals surface area contributed by atoms with Crippen LogP contribution in [0.25, 0.3) is 22.3 Å². The van der Waals surface area contributed by atoms with Crippen LogP contribution in [0.15, 0.2) is 42.9 Å². The van der Waals surface area contributed by atoms with Gasteiger partial charge in [-0.3, -0.25) is 0 Å². The number of nitrogens with two attached hydrogens (primary N) is 1. The Morgan fingerprint density at radius 2 is 2.00 bits per heavy atom. The van der Waals surface area contributed by atoms with Crippen LogP contribution in [-0.4, -0.2) is 70.7 Å². The van der Waals surface area contributed by atoms with Gasteiger partial charge in [-0.25, -0.2) is 19.7 Å². The van der Waals surface area contributed by atoms with E-state index in [0.29, 0.717) is 17.3 Å². The molecule has 4 aromatic rings. The highest BCUT2D eigenvalue weighted by atomic mass is 16.5. The van der Waals surface area contributed by atoms with Gasteiger partial charge in [0.05, 0.1) is 23.2 Å². The first-order valence-electron chi connectivity index (χ1n) is 16.6. The second-order valence-corrected chi connectivity index (χ2v) is 10.0. The SMILES string of the molecule is Cc1cc(N(C)CCN(C)C)c(N)cc1Nc1ncc(C(=O)OC(C)C)c(-c2cn(C)c3ncccc23)n1.[3HH].[3H][3H].[3H][3H].[3H][3H].[3H][3H]. The largest absolute Gasteiger partial charge is 0.459 e. The number of fused-ring (bicyclic) bond motifs is 1. The lowest BCUT2D eigenvalue weighted by atomic mass is 10.1. The first kappa shape index (κ1) is 21.9. The predicted octanol–water partition coefficient (Wildman–Crippen LogP) is 5.46. The van der Waals surface area contributed by atoms with Crippen LogP contribution in [0.4, 0.5) is 23.0 Å². The maximum Gasteiger partial charge on any atom is 0.342 e. The lowest BCUT2D eigenvalue weighted by Crippen LogP contribution is -2.29. The summed E-state index contributed by atoms with van der Waals surface area (Å²) in [5.74, 6) is -0.133. The Labute approximate surface area is 237 Å². The molecule has 38 heavy (non-hydrogen) atoms. The van der Waals surface area contributed by atoms with Gasteiger partial charge in [-0.05, 0) is 64.7 Å². The minimum absolute atomic E-state index is 0. The molecule has 210 valence electrons. The maximum absolute atomic E-state index is 13.0. The first-order valence-corrected chi connectivity index (χ1v) is 12.6. The van der Waals surface area contributed by atoms with Crippen LogP contribution >= 0.6 is 0 Å². The van der Waals surface area contributed by atoms with E-state index in [2.05, 4.69) is 31.2 Å². The van der Waals surface area contributed by atoms with Crippen molar-refractivity contribution < 1.29 is 22.8 Å². The number of esters is 1. The Kier molecular flexibility index (Phi) is 6.36. The number of likely N-dealkylation sites (N-methyl/N-ethyl adjacent to an activating group) is 2. The molecule has 0 unspecified atom stereocenters. The molecule has 3 aromatic heterocycles. The number of carbonyl (C=O) groups excluding carboxylic acids is 1. The number of rotatable bonds is 9. The van der Waals surface area contributed by atoms with Crippen LogP contribution < -0.4 is 16.0 Å². The van der Waals surface area contributed by atoms with Gasteiger partial charge in [0.25, 0.3) is 0 Å². The summed E-state index contributed by atoms with van der Waals surface area (Å²) in [6, 6.07) is 7.77. The van der Waals surface area contributed by atoms with Crippen molar-refractivity contribution in [2.75, 3.05) is 50.2 Å². The predicted molar refractivity (Wildman–Crippen MR) is 164 cm³/mol. The number of anilines is 4. The van der Waals surface area contributed by atoms with Gasteiger partial charge in [-0.2, -0.15) is 0 Å². The fourth-order valence-corrected chi connectivity index (χ4v) is 4.24. The van der Waals surface area contributed by atoms with Gasteiger partial charge in [0.2, 0.25) is 5.95 Å². The highest BCUT2D eigenvalue weighted by Crippen LogP contribution is 2.33. The van der Waals surface area contributed by atoms with Crippen molar-refractivity contribution in [3.8, 4) is 11.3 Å². The number of aromatic nitrogens is 4. The third kappa shape index (κ3) is 5.70.